The van der Waals surface area contributed by atoms with Gasteiger partial charge in [-0.25, -0.2) is 14.5 Å². The molecule has 0 aromatic heterocycles. The Kier molecular flexibility index (Phi) is 7.38. The van der Waals surface area contributed by atoms with E-state index < -0.39 is 36.3 Å². The zero-order chi connectivity index (χ0) is 19.0. The lowest BCUT2D eigenvalue weighted by molar-refractivity contribution is -0.142. The van der Waals surface area contributed by atoms with Crippen molar-refractivity contribution < 1.29 is 28.6 Å². The summed E-state index contributed by atoms with van der Waals surface area (Å²) in [7, 11) is 1.16. The molecule has 1 aromatic rings. The van der Waals surface area contributed by atoms with Crippen LogP contribution in [0.25, 0.3) is 0 Å². The van der Waals surface area contributed by atoms with Crippen molar-refractivity contribution in [2.45, 2.75) is 39.0 Å². The number of imide groups is 1. The summed E-state index contributed by atoms with van der Waals surface area (Å²) in [5.74, 6) is -0.760. The lowest BCUT2D eigenvalue weighted by Crippen LogP contribution is -2.49. The predicted molar refractivity (Wildman–Crippen MR) is 89.6 cm³/mol. The van der Waals surface area contributed by atoms with Crippen LogP contribution in [0.15, 0.2) is 30.3 Å². The van der Waals surface area contributed by atoms with Crippen LogP contribution < -0.4 is 5.73 Å². The van der Waals surface area contributed by atoms with Crippen LogP contribution in [0.2, 0.25) is 0 Å². The lowest BCUT2D eigenvalue weighted by atomic mass is 10.2. The molecule has 25 heavy (non-hydrogen) atoms. The number of benzene rings is 1. The summed E-state index contributed by atoms with van der Waals surface area (Å²) in [6, 6.07) is 7.75. The second kappa shape index (κ2) is 9.03. The molecule has 2 N–H and O–H groups in total. The second-order valence-electron chi connectivity index (χ2n) is 6.26. The molecule has 0 spiro atoms. The number of amides is 2. The number of esters is 1. The maximum absolute atomic E-state index is 12.3. The molecule has 0 fully saturated rings. The molecule has 138 valence electrons. The first-order valence-corrected chi connectivity index (χ1v) is 7.68. The standard InChI is InChI=1S/C17H24N2O6/c1-17(2,3)25-16(22)19(10-13(18)14(20)23-4)15(21)24-11-12-8-6-5-7-9-12/h5-9,13H,10-11,18H2,1-4H3/t13-/m1/s1. The van der Waals surface area contributed by atoms with Crippen LogP contribution in [-0.4, -0.2) is 48.4 Å². The molecule has 0 radical (unpaired) electrons. The highest BCUT2D eigenvalue weighted by atomic mass is 16.6. The molecular formula is C17H24N2O6. The average Bonchev–Trinajstić information content (AvgIpc) is 2.55. The molecule has 0 bridgehead atoms. The Balaban J connectivity index is 2.82. The molecule has 0 unspecified atom stereocenters. The summed E-state index contributed by atoms with van der Waals surface area (Å²) < 4.78 is 14.8. The molecular weight excluding hydrogens is 328 g/mol. The first-order chi connectivity index (χ1) is 11.6. The van der Waals surface area contributed by atoms with E-state index >= 15 is 0 Å². The van der Waals surface area contributed by atoms with Gasteiger partial charge < -0.3 is 19.9 Å². The number of rotatable bonds is 5. The van der Waals surface area contributed by atoms with Crippen LogP contribution in [0.1, 0.15) is 26.3 Å². The summed E-state index contributed by atoms with van der Waals surface area (Å²) in [4.78, 5) is 36.7. The fourth-order valence-electron chi connectivity index (χ4n) is 1.76. The van der Waals surface area contributed by atoms with Crippen LogP contribution in [-0.2, 0) is 25.6 Å². The number of carbonyl (C=O) groups excluding carboxylic acids is 3. The molecule has 2 amide bonds. The third kappa shape index (κ3) is 7.21. The van der Waals surface area contributed by atoms with Gasteiger partial charge >= 0.3 is 18.2 Å². The molecule has 0 saturated carbocycles. The van der Waals surface area contributed by atoms with Crippen molar-refractivity contribution in [1.82, 2.24) is 4.90 Å². The summed E-state index contributed by atoms with van der Waals surface area (Å²) in [5, 5.41) is 0. The van der Waals surface area contributed by atoms with E-state index in [0.29, 0.717) is 4.90 Å². The highest BCUT2D eigenvalue weighted by molar-refractivity contribution is 5.89. The van der Waals surface area contributed by atoms with E-state index in [-0.39, 0.29) is 6.61 Å². The number of nitrogens with zero attached hydrogens (tertiary/aromatic N) is 1. The predicted octanol–water partition coefficient (Wildman–Crippen LogP) is 2.06. The summed E-state index contributed by atoms with van der Waals surface area (Å²) in [6.45, 7) is 4.50. The highest BCUT2D eigenvalue weighted by Gasteiger charge is 2.32. The van der Waals surface area contributed by atoms with Gasteiger partial charge in [-0.15, -0.1) is 0 Å². The van der Waals surface area contributed by atoms with Crippen LogP contribution in [0, 0.1) is 0 Å². The maximum atomic E-state index is 12.3. The summed E-state index contributed by atoms with van der Waals surface area (Å²) in [5.41, 5.74) is 5.56. The largest absolute Gasteiger partial charge is 0.468 e. The zero-order valence-corrected chi connectivity index (χ0v) is 14.9. The van der Waals surface area contributed by atoms with Crippen molar-refractivity contribution in [3.05, 3.63) is 35.9 Å². The van der Waals surface area contributed by atoms with Crippen LogP contribution in [0.5, 0.6) is 0 Å². The third-order valence-corrected chi connectivity index (χ3v) is 2.92. The van der Waals surface area contributed by atoms with Gasteiger partial charge in [0.15, 0.2) is 0 Å². The van der Waals surface area contributed by atoms with E-state index in [0.717, 1.165) is 12.7 Å². The fraction of sp³-hybridized carbons (Fsp3) is 0.471. The van der Waals surface area contributed by atoms with E-state index in [1.54, 1.807) is 45.0 Å². The monoisotopic (exact) mass is 352 g/mol. The van der Waals surface area contributed by atoms with E-state index in [9.17, 15) is 14.4 Å². The van der Waals surface area contributed by atoms with Gasteiger partial charge in [-0.1, -0.05) is 30.3 Å². The normalized spacial score (nSPS) is 12.0. The molecule has 0 heterocycles. The van der Waals surface area contributed by atoms with Gasteiger partial charge in [-0.2, -0.15) is 0 Å². The number of ether oxygens (including phenoxy) is 3. The number of carbonyl (C=O) groups is 3. The van der Waals surface area contributed by atoms with E-state index in [1.807, 2.05) is 6.07 Å². The number of nitrogens with two attached hydrogens (primary N) is 1. The van der Waals surface area contributed by atoms with Gasteiger partial charge in [0.05, 0.1) is 13.7 Å². The second-order valence-corrected chi connectivity index (χ2v) is 6.26. The number of hydrogen-bond donors (Lipinski definition) is 1. The SMILES string of the molecule is COC(=O)[C@H](N)CN(C(=O)OCc1ccccc1)C(=O)OC(C)(C)C. The minimum absolute atomic E-state index is 0.0353. The van der Waals surface area contributed by atoms with Crippen molar-refractivity contribution >= 4 is 18.2 Å². The minimum Gasteiger partial charge on any atom is -0.468 e. The average molecular weight is 352 g/mol. The van der Waals surface area contributed by atoms with E-state index in [4.69, 9.17) is 15.2 Å². The molecule has 0 saturated heterocycles. The fourth-order valence-corrected chi connectivity index (χ4v) is 1.76. The number of methoxy groups -OCH3 is 1. The Morgan fingerprint density at radius 2 is 1.72 bits per heavy atom. The maximum Gasteiger partial charge on any atom is 0.419 e. The molecule has 8 nitrogen and oxygen atoms in total. The first kappa shape index (κ1) is 20.4. The van der Waals surface area contributed by atoms with Gasteiger partial charge in [0.2, 0.25) is 0 Å². The van der Waals surface area contributed by atoms with Crippen molar-refractivity contribution in [2.24, 2.45) is 5.73 Å². The molecule has 0 aliphatic rings. The molecule has 1 rings (SSSR count). The molecule has 1 aromatic carbocycles. The van der Waals surface area contributed by atoms with E-state index in [1.165, 1.54) is 0 Å². The summed E-state index contributed by atoms with van der Waals surface area (Å²) in [6.07, 6.45) is -1.91. The number of hydrogen-bond acceptors (Lipinski definition) is 7. The van der Waals surface area contributed by atoms with Crippen molar-refractivity contribution in [3.63, 3.8) is 0 Å². The Bertz CT molecular complexity index is 597. The smallest absolute Gasteiger partial charge is 0.419 e. The molecule has 0 aliphatic heterocycles. The Hall–Kier alpha value is -2.61. The molecule has 8 heteroatoms. The van der Waals surface area contributed by atoms with Gasteiger partial charge in [0, 0.05) is 0 Å². The van der Waals surface area contributed by atoms with Crippen LogP contribution in [0.3, 0.4) is 0 Å². The minimum atomic E-state index is -1.21. The zero-order valence-electron chi connectivity index (χ0n) is 14.9. The van der Waals surface area contributed by atoms with Crippen molar-refractivity contribution in [2.75, 3.05) is 13.7 Å². The topological polar surface area (TPSA) is 108 Å². The molecule has 0 aliphatic carbocycles. The Labute approximate surface area is 146 Å². The molecule has 1 atom stereocenters. The Morgan fingerprint density at radius 1 is 1.12 bits per heavy atom. The van der Waals surface area contributed by atoms with Gasteiger partial charge in [-0.3, -0.25) is 4.79 Å². The van der Waals surface area contributed by atoms with Crippen LogP contribution in [0.4, 0.5) is 9.59 Å². The first-order valence-electron chi connectivity index (χ1n) is 7.68. The quantitative estimate of drug-likeness (QED) is 0.638. The van der Waals surface area contributed by atoms with Gasteiger partial charge in [0.25, 0.3) is 0 Å². The van der Waals surface area contributed by atoms with Crippen LogP contribution >= 0.6 is 0 Å². The van der Waals surface area contributed by atoms with Crippen molar-refractivity contribution in [1.29, 1.82) is 0 Å². The van der Waals surface area contributed by atoms with E-state index in [2.05, 4.69) is 4.74 Å². The summed E-state index contributed by atoms with van der Waals surface area (Å²) >= 11 is 0. The van der Waals surface area contributed by atoms with Crippen molar-refractivity contribution in [3.8, 4) is 0 Å². The Morgan fingerprint density at radius 3 is 2.24 bits per heavy atom. The highest BCUT2D eigenvalue weighted by Crippen LogP contribution is 2.12. The third-order valence-electron chi connectivity index (χ3n) is 2.92. The van der Waals surface area contributed by atoms with Gasteiger partial charge in [-0.05, 0) is 26.3 Å². The van der Waals surface area contributed by atoms with Gasteiger partial charge in [0.1, 0.15) is 18.2 Å². The lowest BCUT2D eigenvalue weighted by Gasteiger charge is -2.26.